The van der Waals surface area contributed by atoms with E-state index in [0.717, 1.165) is 5.56 Å². The Morgan fingerprint density at radius 3 is 2.55 bits per heavy atom. The number of aryl methyl sites for hydroxylation is 1. The molecule has 0 saturated carbocycles. The molecule has 20 heavy (non-hydrogen) atoms. The summed E-state index contributed by atoms with van der Waals surface area (Å²) < 4.78 is 5.03. The second-order valence-corrected chi connectivity index (χ2v) is 5.66. The fourth-order valence-corrected chi connectivity index (χ4v) is 1.47. The van der Waals surface area contributed by atoms with E-state index in [-0.39, 0.29) is 6.54 Å². The number of hydrogen-bond donors (Lipinski definition) is 3. The molecule has 0 aliphatic rings. The summed E-state index contributed by atoms with van der Waals surface area (Å²) in [6, 6.07) is 3.43. The monoisotopic (exact) mass is 282 g/mol. The van der Waals surface area contributed by atoms with Crippen LogP contribution in [-0.2, 0) is 4.74 Å². The van der Waals surface area contributed by atoms with Crippen LogP contribution in [-0.4, -0.2) is 39.5 Å². The zero-order valence-electron chi connectivity index (χ0n) is 12.3. The van der Waals surface area contributed by atoms with Crippen molar-refractivity contribution in [3.05, 3.63) is 29.6 Å². The lowest BCUT2D eigenvalue weighted by molar-refractivity contribution is 0.0109. The Kier molecular flexibility index (Phi) is 5.47. The molecule has 112 valence electrons. The molecule has 1 amide bonds. The molecule has 0 saturated heterocycles. The fraction of sp³-hybridized carbons (Fsp3) is 0.571. The van der Waals surface area contributed by atoms with E-state index >= 15 is 0 Å². The average molecular weight is 282 g/mol. The van der Waals surface area contributed by atoms with Crippen molar-refractivity contribution >= 4 is 6.09 Å². The number of aliphatic hydroxyl groups excluding tert-OH is 2. The number of pyridine rings is 1. The van der Waals surface area contributed by atoms with Crippen LogP contribution in [0, 0.1) is 6.92 Å². The number of alkyl carbamates (subject to hydrolysis) is 1. The Morgan fingerprint density at radius 2 is 2.05 bits per heavy atom. The molecule has 0 aliphatic carbocycles. The molecule has 6 heteroatoms. The summed E-state index contributed by atoms with van der Waals surface area (Å²) in [5.74, 6) is 0. The van der Waals surface area contributed by atoms with Gasteiger partial charge in [-0.2, -0.15) is 0 Å². The summed E-state index contributed by atoms with van der Waals surface area (Å²) in [4.78, 5) is 15.5. The highest BCUT2D eigenvalue weighted by atomic mass is 16.6. The van der Waals surface area contributed by atoms with E-state index in [2.05, 4.69) is 10.3 Å². The predicted octanol–water partition coefficient (Wildman–Crippen LogP) is 1.31. The maximum Gasteiger partial charge on any atom is 0.407 e. The highest BCUT2D eigenvalue weighted by molar-refractivity contribution is 5.67. The SMILES string of the molecule is Cc1ccc(C(O)C(O)CNC(=O)OC(C)(C)C)nc1. The van der Waals surface area contributed by atoms with Crippen molar-refractivity contribution in [2.45, 2.75) is 45.5 Å². The van der Waals surface area contributed by atoms with Gasteiger partial charge in [-0.15, -0.1) is 0 Å². The molecule has 2 unspecified atom stereocenters. The van der Waals surface area contributed by atoms with Crippen LogP contribution in [0.25, 0.3) is 0 Å². The van der Waals surface area contributed by atoms with Gasteiger partial charge in [0.05, 0.1) is 5.69 Å². The number of aliphatic hydroxyl groups is 2. The van der Waals surface area contributed by atoms with E-state index in [4.69, 9.17) is 4.74 Å². The second-order valence-electron chi connectivity index (χ2n) is 5.66. The predicted molar refractivity (Wildman–Crippen MR) is 74.2 cm³/mol. The molecule has 0 bridgehead atoms. The summed E-state index contributed by atoms with van der Waals surface area (Å²) >= 11 is 0. The molecule has 6 nitrogen and oxygen atoms in total. The number of ether oxygens (including phenoxy) is 1. The molecule has 2 atom stereocenters. The normalized spacial score (nSPS) is 14.5. The number of amides is 1. The number of carbonyl (C=O) groups excluding carboxylic acids is 1. The van der Waals surface area contributed by atoms with Gasteiger partial charge in [0.2, 0.25) is 0 Å². The lowest BCUT2D eigenvalue weighted by Crippen LogP contribution is -2.39. The summed E-state index contributed by atoms with van der Waals surface area (Å²) in [5, 5.41) is 22.2. The Bertz CT molecular complexity index is 439. The topological polar surface area (TPSA) is 91.7 Å². The van der Waals surface area contributed by atoms with E-state index in [1.807, 2.05) is 6.92 Å². The highest BCUT2D eigenvalue weighted by Gasteiger charge is 2.22. The zero-order chi connectivity index (χ0) is 15.3. The lowest BCUT2D eigenvalue weighted by atomic mass is 10.1. The van der Waals surface area contributed by atoms with Crippen LogP contribution in [0.15, 0.2) is 18.3 Å². The van der Waals surface area contributed by atoms with Crippen LogP contribution >= 0.6 is 0 Å². The first-order valence-corrected chi connectivity index (χ1v) is 6.44. The highest BCUT2D eigenvalue weighted by Crippen LogP contribution is 2.14. The third-order valence-corrected chi connectivity index (χ3v) is 2.46. The number of carbonyl (C=O) groups is 1. The van der Waals surface area contributed by atoms with Gasteiger partial charge in [-0.1, -0.05) is 6.07 Å². The molecule has 0 fully saturated rings. The van der Waals surface area contributed by atoms with E-state index in [9.17, 15) is 15.0 Å². The third-order valence-electron chi connectivity index (χ3n) is 2.46. The number of aromatic nitrogens is 1. The minimum Gasteiger partial charge on any atom is -0.444 e. The number of nitrogens with one attached hydrogen (secondary N) is 1. The lowest BCUT2D eigenvalue weighted by Gasteiger charge is -2.22. The third kappa shape index (κ3) is 5.54. The Balaban J connectivity index is 2.48. The molecule has 1 aromatic rings. The van der Waals surface area contributed by atoms with Crippen LogP contribution in [0.4, 0.5) is 4.79 Å². The van der Waals surface area contributed by atoms with Crippen LogP contribution in [0.3, 0.4) is 0 Å². The van der Waals surface area contributed by atoms with Gasteiger partial charge in [0.1, 0.15) is 17.8 Å². The number of nitrogens with zero attached hydrogens (tertiary/aromatic N) is 1. The maximum atomic E-state index is 11.4. The van der Waals surface area contributed by atoms with Gasteiger partial charge in [-0.25, -0.2) is 4.79 Å². The summed E-state index contributed by atoms with van der Waals surface area (Å²) in [6.07, 6.45) is -1.35. The largest absolute Gasteiger partial charge is 0.444 e. The van der Waals surface area contributed by atoms with Crippen molar-refractivity contribution in [1.29, 1.82) is 0 Å². The summed E-state index contributed by atoms with van der Waals surface area (Å²) in [7, 11) is 0. The zero-order valence-corrected chi connectivity index (χ0v) is 12.3. The van der Waals surface area contributed by atoms with E-state index in [0.29, 0.717) is 5.69 Å². The van der Waals surface area contributed by atoms with Crippen molar-refractivity contribution in [2.75, 3.05) is 6.54 Å². The van der Waals surface area contributed by atoms with Gasteiger partial charge in [0.15, 0.2) is 0 Å². The first-order chi connectivity index (χ1) is 9.19. The second kappa shape index (κ2) is 6.67. The molecule has 1 rings (SSSR count). The van der Waals surface area contributed by atoms with E-state index in [1.54, 1.807) is 39.1 Å². The Labute approximate surface area is 118 Å². The standard InChI is InChI=1S/C14H22N2O4/c1-9-5-6-10(15-7-9)12(18)11(17)8-16-13(19)20-14(2,3)4/h5-7,11-12,17-18H,8H2,1-4H3,(H,16,19). The number of rotatable bonds is 4. The van der Waals surface area contributed by atoms with Crippen LogP contribution in [0.5, 0.6) is 0 Å². The number of hydrogen-bond acceptors (Lipinski definition) is 5. The van der Waals surface area contributed by atoms with Gasteiger partial charge in [0, 0.05) is 12.7 Å². The minimum absolute atomic E-state index is 0.119. The van der Waals surface area contributed by atoms with Crippen molar-refractivity contribution in [2.24, 2.45) is 0 Å². The molecule has 0 aromatic carbocycles. The quantitative estimate of drug-likeness (QED) is 0.774. The van der Waals surface area contributed by atoms with Crippen LogP contribution in [0.2, 0.25) is 0 Å². The van der Waals surface area contributed by atoms with Crippen molar-refractivity contribution in [3.63, 3.8) is 0 Å². The van der Waals surface area contributed by atoms with Gasteiger partial charge in [-0.05, 0) is 39.3 Å². The Hall–Kier alpha value is -1.66. The molecular weight excluding hydrogens is 260 g/mol. The molecule has 0 spiro atoms. The van der Waals surface area contributed by atoms with Gasteiger partial charge >= 0.3 is 6.09 Å². The molecule has 1 heterocycles. The minimum atomic E-state index is -1.16. The van der Waals surface area contributed by atoms with E-state index in [1.165, 1.54) is 0 Å². The summed E-state index contributed by atoms with van der Waals surface area (Å²) in [5.41, 5.74) is 0.711. The fourth-order valence-electron chi connectivity index (χ4n) is 1.47. The first-order valence-electron chi connectivity index (χ1n) is 6.44. The van der Waals surface area contributed by atoms with Crippen molar-refractivity contribution < 1.29 is 19.7 Å². The Morgan fingerprint density at radius 1 is 1.40 bits per heavy atom. The van der Waals surface area contributed by atoms with Crippen LogP contribution < -0.4 is 5.32 Å². The van der Waals surface area contributed by atoms with Gasteiger partial charge < -0.3 is 20.3 Å². The summed E-state index contributed by atoms with van der Waals surface area (Å²) in [6.45, 7) is 6.99. The van der Waals surface area contributed by atoms with Gasteiger partial charge in [-0.3, -0.25) is 4.98 Å². The van der Waals surface area contributed by atoms with Gasteiger partial charge in [0.25, 0.3) is 0 Å². The van der Waals surface area contributed by atoms with Crippen molar-refractivity contribution in [1.82, 2.24) is 10.3 Å². The first kappa shape index (κ1) is 16.4. The molecule has 3 N–H and O–H groups in total. The van der Waals surface area contributed by atoms with Crippen molar-refractivity contribution in [3.8, 4) is 0 Å². The molecule has 1 aromatic heterocycles. The molecule has 0 aliphatic heterocycles. The molecular formula is C14H22N2O4. The maximum absolute atomic E-state index is 11.4. The van der Waals surface area contributed by atoms with Crippen LogP contribution in [0.1, 0.15) is 38.1 Å². The average Bonchev–Trinajstić information content (AvgIpc) is 2.34. The smallest absolute Gasteiger partial charge is 0.407 e. The van der Waals surface area contributed by atoms with E-state index < -0.39 is 23.9 Å². The molecule has 0 radical (unpaired) electrons.